The molecule has 0 radical (unpaired) electrons. The number of esters is 2. The molecule has 0 atom stereocenters. The molecule has 0 aliphatic heterocycles. The van der Waals surface area contributed by atoms with E-state index in [1.165, 1.54) is 14.2 Å². The normalized spacial score (nSPS) is 10.6. The highest BCUT2D eigenvalue weighted by molar-refractivity contribution is 5.95. The summed E-state index contributed by atoms with van der Waals surface area (Å²) in [5.74, 6) is -2.64. The highest BCUT2D eigenvalue weighted by Gasteiger charge is 2.38. The Morgan fingerprint density at radius 1 is 0.938 bits per heavy atom. The minimum atomic E-state index is -1.21. The fraction of sp³-hybridized carbons (Fsp3) is 0.800. The molecule has 0 unspecified atom stereocenters. The Kier molecular flexibility index (Phi) is 7.49. The number of hydrogen-bond donors (Lipinski definition) is 0. The highest BCUT2D eigenvalue weighted by atomic mass is 16.7. The van der Waals surface area contributed by atoms with E-state index in [4.69, 9.17) is 18.9 Å². The quantitative estimate of drug-likeness (QED) is 0.359. The first-order valence-electron chi connectivity index (χ1n) is 5.01. The van der Waals surface area contributed by atoms with E-state index in [2.05, 4.69) is 0 Å². The van der Waals surface area contributed by atoms with Crippen LogP contribution in [0, 0.1) is 5.92 Å². The zero-order valence-corrected chi connectivity index (χ0v) is 10.0. The molecular weight excluding hydrogens is 216 g/mol. The summed E-state index contributed by atoms with van der Waals surface area (Å²) in [6.07, 6.45) is -1.00. The van der Waals surface area contributed by atoms with Crippen molar-refractivity contribution in [2.75, 3.05) is 27.4 Å². The lowest BCUT2D eigenvalue weighted by atomic mass is 10.1. The predicted octanol–water partition coefficient (Wildman–Crippen LogP) is 0.348. The third kappa shape index (κ3) is 4.16. The third-order valence-corrected chi connectivity index (χ3v) is 1.82. The van der Waals surface area contributed by atoms with Crippen LogP contribution in [0.2, 0.25) is 0 Å². The van der Waals surface area contributed by atoms with Crippen molar-refractivity contribution in [3.8, 4) is 0 Å². The first-order valence-corrected chi connectivity index (χ1v) is 5.01. The van der Waals surface area contributed by atoms with E-state index >= 15 is 0 Å². The zero-order chi connectivity index (χ0) is 12.6. The van der Waals surface area contributed by atoms with Crippen LogP contribution in [0.15, 0.2) is 0 Å². The second kappa shape index (κ2) is 8.06. The van der Waals surface area contributed by atoms with Gasteiger partial charge in [-0.3, -0.25) is 9.59 Å². The van der Waals surface area contributed by atoms with Gasteiger partial charge in [-0.05, 0) is 13.8 Å². The van der Waals surface area contributed by atoms with Crippen LogP contribution in [-0.2, 0) is 28.5 Å². The van der Waals surface area contributed by atoms with Gasteiger partial charge in [0.2, 0.25) is 5.92 Å². The molecule has 16 heavy (non-hydrogen) atoms. The van der Waals surface area contributed by atoms with Crippen molar-refractivity contribution in [3.63, 3.8) is 0 Å². The molecule has 6 heteroatoms. The number of carbonyl (C=O) groups is 2. The predicted molar refractivity (Wildman–Crippen MR) is 54.6 cm³/mol. The molecule has 0 aliphatic rings. The van der Waals surface area contributed by atoms with Crippen molar-refractivity contribution < 1.29 is 28.5 Å². The Morgan fingerprint density at radius 2 is 1.31 bits per heavy atom. The summed E-state index contributed by atoms with van der Waals surface area (Å²) >= 11 is 0. The minimum absolute atomic E-state index is 0.175. The first kappa shape index (κ1) is 14.9. The van der Waals surface area contributed by atoms with Gasteiger partial charge in [0, 0.05) is 14.2 Å². The Hall–Kier alpha value is -1.14. The molecule has 0 bridgehead atoms. The Morgan fingerprint density at radius 3 is 1.56 bits per heavy atom. The van der Waals surface area contributed by atoms with Crippen LogP contribution in [0.1, 0.15) is 13.8 Å². The summed E-state index contributed by atoms with van der Waals surface area (Å²) in [6, 6.07) is 0. The van der Waals surface area contributed by atoms with Crippen LogP contribution in [-0.4, -0.2) is 45.7 Å². The van der Waals surface area contributed by atoms with Crippen molar-refractivity contribution in [2.45, 2.75) is 20.1 Å². The van der Waals surface area contributed by atoms with Crippen LogP contribution in [0.4, 0.5) is 0 Å². The average molecular weight is 234 g/mol. The fourth-order valence-electron chi connectivity index (χ4n) is 1.15. The molecule has 0 aromatic heterocycles. The largest absolute Gasteiger partial charge is 0.465 e. The van der Waals surface area contributed by atoms with Crippen molar-refractivity contribution >= 4 is 11.9 Å². The number of rotatable bonds is 7. The SMILES string of the molecule is CCOC(=O)C(C(=O)OCC)C(OC)OC. The Labute approximate surface area is 94.8 Å². The van der Waals surface area contributed by atoms with E-state index in [1.807, 2.05) is 0 Å². The van der Waals surface area contributed by atoms with E-state index in [9.17, 15) is 9.59 Å². The van der Waals surface area contributed by atoms with Gasteiger partial charge in [0.25, 0.3) is 0 Å². The summed E-state index contributed by atoms with van der Waals surface area (Å²) in [5, 5.41) is 0. The van der Waals surface area contributed by atoms with Crippen molar-refractivity contribution in [1.82, 2.24) is 0 Å². The lowest BCUT2D eigenvalue weighted by Gasteiger charge is -2.21. The molecule has 0 spiro atoms. The Bertz CT molecular complexity index is 205. The van der Waals surface area contributed by atoms with E-state index in [1.54, 1.807) is 13.8 Å². The molecule has 0 N–H and O–H groups in total. The van der Waals surface area contributed by atoms with Crippen LogP contribution < -0.4 is 0 Å². The fourth-order valence-corrected chi connectivity index (χ4v) is 1.15. The van der Waals surface area contributed by atoms with Crippen LogP contribution in [0.5, 0.6) is 0 Å². The zero-order valence-electron chi connectivity index (χ0n) is 10.0. The maximum Gasteiger partial charge on any atom is 0.325 e. The third-order valence-electron chi connectivity index (χ3n) is 1.82. The van der Waals surface area contributed by atoms with Gasteiger partial charge < -0.3 is 18.9 Å². The number of methoxy groups -OCH3 is 2. The van der Waals surface area contributed by atoms with E-state index in [0.29, 0.717) is 0 Å². The maximum absolute atomic E-state index is 11.5. The molecule has 0 amide bonds. The van der Waals surface area contributed by atoms with Crippen molar-refractivity contribution in [1.29, 1.82) is 0 Å². The van der Waals surface area contributed by atoms with Gasteiger partial charge in [0.15, 0.2) is 6.29 Å². The number of hydrogen-bond acceptors (Lipinski definition) is 6. The molecule has 6 nitrogen and oxygen atoms in total. The second-order valence-electron chi connectivity index (χ2n) is 2.82. The van der Waals surface area contributed by atoms with Crippen LogP contribution in [0.25, 0.3) is 0 Å². The lowest BCUT2D eigenvalue weighted by Crippen LogP contribution is -2.39. The molecule has 0 aromatic carbocycles. The summed E-state index contributed by atoms with van der Waals surface area (Å²) in [7, 11) is 2.67. The molecule has 0 aliphatic carbocycles. The molecule has 0 rings (SSSR count). The second-order valence-corrected chi connectivity index (χ2v) is 2.82. The Balaban J connectivity index is 4.73. The van der Waals surface area contributed by atoms with Gasteiger partial charge in [-0.1, -0.05) is 0 Å². The molecule has 0 fully saturated rings. The lowest BCUT2D eigenvalue weighted by molar-refractivity contribution is -0.190. The summed E-state index contributed by atoms with van der Waals surface area (Å²) in [5.41, 5.74) is 0. The number of ether oxygens (including phenoxy) is 4. The van der Waals surface area contributed by atoms with Crippen molar-refractivity contribution in [3.05, 3.63) is 0 Å². The van der Waals surface area contributed by atoms with Gasteiger partial charge in [0.05, 0.1) is 13.2 Å². The maximum atomic E-state index is 11.5. The summed E-state index contributed by atoms with van der Waals surface area (Å²) in [4.78, 5) is 23.1. The monoisotopic (exact) mass is 234 g/mol. The summed E-state index contributed by atoms with van der Waals surface area (Å²) < 4.78 is 19.3. The topological polar surface area (TPSA) is 71.1 Å². The van der Waals surface area contributed by atoms with E-state index in [-0.39, 0.29) is 13.2 Å². The molecular formula is C10H18O6. The first-order chi connectivity index (χ1) is 7.62. The molecule has 0 aromatic rings. The molecule has 0 heterocycles. The number of carbonyl (C=O) groups excluding carboxylic acids is 2. The van der Waals surface area contributed by atoms with Gasteiger partial charge in [-0.25, -0.2) is 0 Å². The molecule has 0 saturated carbocycles. The molecule has 94 valence electrons. The standard InChI is InChI=1S/C10H18O6/c1-5-15-8(11)7(9(12)16-6-2)10(13-3)14-4/h7,10H,5-6H2,1-4H3. The van der Waals surface area contributed by atoms with Crippen LogP contribution >= 0.6 is 0 Å². The van der Waals surface area contributed by atoms with E-state index in [0.717, 1.165) is 0 Å². The highest BCUT2D eigenvalue weighted by Crippen LogP contribution is 2.13. The van der Waals surface area contributed by atoms with E-state index < -0.39 is 24.1 Å². The van der Waals surface area contributed by atoms with Gasteiger partial charge >= 0.3 is 11.9 Å². The van der Waals surface area contributed by atoms with Gasteiger partial charge in [-0.2, -0.15) is 0 Å². The van der Waals surface area contributed by atoms with Crippen molar-refractivity contribution in [2.24, 2.45) is 5.92 Å². The minimum Gasteiger partial charge on any atom is -0.465 e. The molecule has 0 saturated heterocycles. The smallest absolute Gasteiger partial charge is 0.325 e. The van der Waals surface area contributed by atoms with Gasteiger partial charge in [0.1, 0.15) is 0 Å². The summed E-state index contributed by atoms with van der Waals surface area (Å²) in [6.45, 7) is 3.65. The van der Waals surface area contributed by atoms with Crippen LogP contribution in [0.3, 0.4) is 0 Å². The van der Waals surface area contributed by atoms with Gasteiger partial charge in [-0.15, -0.1) is 0 Å². The average Bonchev–Trinajstić information content (AvgIpc) is 2.25.